The molecule has 8 aromatic carbocycles. The number of hydrogen-bond donors (Lipinski definition) is 0. The lowest BCUT2D eigenvalue weighted by atomic mass is 10.1. The zero-order valence-corrected chi connectivity index (χ0v) is 31.3. The molecular formula is C52H34N6. The first-order valence-electron chi connectivity index (χ1n) is 19.6. The fourth-order valence-electron chi connectivity index (χ4n) is 9.02. The topological polar surface area (TPSA) is 45.5 Å². The summed E-state index contributed by atoms with van der Waals surface area (Å²) in [7, 11) is 0. The number of para-hydroxylation sites is 3. The minimum atomic E-state index is 0.795. The lowest BCUT2D eigenvalue weighted by Gasteiger charge is -2.14. The van der Waals surface area contributed by atoms with Crippen LogP contribution in [0.5, 0.6) is 0 Å². The molecule has 6 nitrogen and oxygen atoms in total. The van der Waals surface area contributed by atoms with Gasteiger partial charge in [-0.1, -0.05) is 127 Å². The highest BCUT2D eigenvalue weighted by molar-refractivity contribution is 6.28. The van der Waals surface area contributed by atoms with E-state index in [9.17, 15) is 0 Å². The monoisotopic (exact) mass is 742 g/mol. The van der Waals surface area contributed by atoms with Crippen molar-refractivity contribution in [2.75, 3.05) is 0 Å². The molecule has 272 valence electrons. The van der Waals surface area contributed by atoms with Crippen molar-refractivity contribution in [2.24, 2.45) is 0 Å². The highest BCUT2D eigenvalue weighted by Crippen LogP contribution is 2.44. The van der Waals surface area contributed by atoms with Crippen molar-refractivity contribution in [3.63, 3.8) is 0 Å². The molecule has 0 aliphatic heterocycles. The van der Waals surface area contributed by atoms with Gasteiger partial charge in [-0.25, -0.2) is 0 Å². The van der Waals surface area contributed by atoms with Crippen LogP contribution in [-0.2, 0) is 0 Å². The SMILES string of the molecule is c1ccc(-c2nnc(-c3ccccc3)n2-c2ccc(-n3c4c(ccc5c4ccn5-c4ccccc4)c4ccc5c(c6ccccc6n5-c5ccccc5)c43)cc2)cc1. The lowest BCUT2D eigenvalue weighted by molar-refractivity contribution is 1.07. The van der Waals surface area contributed by atoms with Gasteiger partial charge < -0.3 is 13.7 Å². The maximum absolute atomic E-state index is 4.75. The van der Waals surface area contributed by atoms with Crippen LogP contribution < -0.4 is 0 Å². The Morgan fingerprint density at radius 3 is 1.43 bits per heavy atom. The molecule has 0 saturated carbocycles. The molecule has 58 heavy (non-hydrogen) atoms. The smallest absolute Gasteiger partial charge is 0.168 e. The number of aromatic nitrogens is 6. The maximum Gasteiger partial charge on any atom is 0.168 e. The lowest BCUT2D eigenvalue weighted by Crippen LogP contribution is -2.02. The van der Waals surface area contributed by atoms with Crippen LogP contribution in [0.25, 0.3) is 100 Å². The first-order valence-corrected chi connectivity index (χ1v) is 19.6. The Bertz CT molecular complexity index is 3410. The zero-order valence-electron chi connectivity index (χ0n) is 31.3. The van der Waals surface area contributed by atoms with E-state index in [0.29, 0.717) is 0 Å². The summed E-state index contributed by atoms with van der Waals surface area (Å²) in [6.07, 6.45) is 2.20. The van der Waals surface area contributed by atoms with Gasteiger partial charge in [0.1, 0.15) is 0 Å². The molecule has 12 aromatic rings. The second-order valence-corrected chi connectivity index (χ2v) is 14.7. The molecule has 0 unspecified atom stereocenters. The average Bonchev–Trinajstić information content (AvgIpc) is 4.08. The van der Waals surface area contributed by atoms with E-state index in [4.69, 9.17) is 10.2 Å². The highest BCUT2D eigenvalue weighted by atomic mass is 15.3. The van der Waals surface area contributed by atoms with E-state index < -0.39 is 0 Å². The Morgan fingerprint density at radius 1 is 0.293 bits per heavy atom. The predicted octanol–water partition coefficient (Wildman–Crippen LogP) is 12.7. The molecule has 6 heteroatoms. The summed E-state index contributed by atoms with van der Waals surface area (Å²) in [6, 6.07) is 71.1. The number of rotatable bonds is 6. The normalized spacial score (nSPS) is 11.8. The van der Waals surface area contributed by atoms with E-state index in [-0.39, 0.29) is 0 Å². The number of hydrogen-bond acceptors (Lipinski definition) is 2. The molecule has 0 aliphatic carbocycles. The quantitative estimate of drug-likeness (QED) is 0.170. The van der Waals surface area contributed by atoms with Gasteiger partial charge in [-0.15, -0.1) is 10.2 Å². The van der Waals surface area contributed by atoms with Gasteiger partial charge in [0.15, 0.2) is 11.6 Å². The van der Waals surface area contributed by atoms with Gasteiger partial charge in [0, 0.05) is 67.0 Å². The average molecular weight is 743 g/mol. The van der Waals surface area contributed by atoms with E-state index in [1.807, 2.05) is 36.4 Å². The van der Waals surface area contributed by atoms with Crippen molar-refractivity contribution in [2.45, 2.75) is 0 Å². The van der Waals surface area contributed by atoms with Gasteiger partial charge in [-0.2, -0.15) is 0 Å². The number of benzene rings is 8. The fourth-order valence-corrected chi connectivity index (χ4v) is 9.02. The first-order chi connectivity index (χ1) is 28.8. The van der Waals surface area contributed by atoms with Crippen LogP contribution in [0.4, 0.5) is 0 Å². The standard InChI is InChI=1S/C52H34N6/c1-5-15-35(16-6-1)51-53-54-52(36-17-7-2-8-18-36)58(51)40-27-25-39(26-28-40)57-49-41(29-31-45-44(49)33-34-55(45)37-19-9-3-10-20-37)42-30-32-47-48(50(42)57)43-23-13-14-24-46(43)56(47)38-21-11-4-12-22-38/h1-34H. The number of fused-ring (bicyclic) bond motifs is 9. The molecule has 4 aromatic heterocycles. The van der Waals surface area contributed by atoms with E-state index in [2.05, 4.69) is 188 Å². The summed E-state index contributed by atoms with van der Waals surface area (Å²) < 4.78 is 9.36. The Kier molecular flexibility index (Phi) is 7.13. The van der Waals surface area contributed by atoms with Gasteiger partial charge in [-0.05, 0) is 72.8 Å². The second kappa shape index (κ2) is 12.8. The third-order valence-corrected chi connectivity index (χ3v) is 11.5. The molecule has 4 heterocycles. The maximum atomic E-state index is 4.75. The summed E-state index contributed by atoms with van der Waals surface area (Å²) in [5, 5.41) is 15.6. The molecular weight excluding hydrogens is 709 g/mol. The predicted molar refractivity (Wildman–Crippen MR) is 238 cm³/mol. The Labute approximate surface area is 333 Å². The largest absolute Gasteiger partial charge is 0.316 e. The molecule has 0 saturated heterocycles. The fraction of sp³-hybridized carbons (Fsp3) is 0. The highest BCUT2D eigenvalue weighted by Gasteiger charge is 2.23. The van der Waals surface area contributed by atoms with Crippen LogP contribution in [0.2, 0.25) is 0 Å². The van der Waals surface area contributed by atoms with Crippen LogP contribution >= 0.6 is 0 Å². The molecule has 0 fully saturated rings. The van der Waals surface area contributed by atoms with Gasteiger partial charge in [-0.3, -0.25) is 4.57 Å². The molecule has 0 bridgehead atoms. The molecule has 0 spiro atoms. The van der Waals surface area contributed by atoms with Crippen molar-refractivity contribution in [1.82, 2.24) is 28.5 Å². The zero-order chi connectivity index (χ0) is 38.2. The Hall–Kier alpha value is -7.96. The molecule has 0 amide bonds. The van der Waals surface area contributed by atoms with Gasteiger partial charge >= 0.3 is 0 Å². The summed E-state index contributed by atoms with van der Waals surface area (Å²) >= 11 is 0. The molecule has 12 rings (SSSR count). The summed E-state index contributed by atoms with van der Waals surface area (Å²) in [5.74, 6) is 1.59. The minimum absolute atomic E-state index is 0.795. The Morgan fingerprint density at radius 2 is 0.793 bits per heavy atom. The number of nitrogens with zero attached hydrogens (tertiary/aromatic N) is 6. The van der Waals surface area contributed by atoms with Crippen LogP contribution in [0.3, 0.4) is 0 Å². The minimum Gasteiger partial charge on any atom is -0.316 e. The first kappa shape index (κ1) is 32.3. The van der Waals surface area contributed by atoms with Gasteiger partial charge in [0.25, 0.3) is 0 Å². The molecule has 0 N–H and O–H groups in total. The van der Waals surface area contributed by atoms with Crippen molar-refractivity contribution < 1.29 is 0 Å². The van der Waals surface area contributed by atoms with Crippen LogP contribution in [-0.4, -0.2) is 28.5 Å². The van der Waals surface area contributed by atoms with Gasteiger partial charge in [0.05, 0.1) is 27.6 Å². The summed E-state index contributed by atoms with van der Waals surface area (Å²) in [4.78, 5) is 0. The van der Waals surface area contributed by atoms with E-state index in [0.717, 1.165) is 51.0 Å². The van der Waals surface area contributed by atoms with E-state index >= 15 is 0 Å². The molecule has 0 atom stereocenters. The van der Waals surface area contributed by atoms with Crippen molar-refractivity contribution in [3.8, 4) is 45.5 Å². The van der Waals surface area contributed by atoms with Crippen LogP contribution in [0, 0.1) is 0 Å². The third kappa shape index (κ3) is 4.79. The van der Waals surface area contributed by atoms with Crippen LogP contribution in [0.15, 0.2) is 206 Å². The molecule has 0 radical (unpaired) electrons. The van der Waals surface area contributed by atoms with Crippen LogP contribution in [0.1, 0.15) is 0 Å². The summed E-state index contributed by atoms with van der Waals surface area (Å²) in [5.41, 5.74) is 12.2. The van der Waals surface area contributed by atoms with Crippen molar-refractivity contribution in [1.29, 1.82) is 0 Å². The van der Waals surface area contributed by atoms with Crippen molar-refractivity contribution >= 4 is 54.5 Å². The van der Waals surface area contributed by atoms with Crippen molar-refractivity contribution in [3.05, 3.63) is 206 Å². The van der Waals surface area contributed by atoms with E-state index in [1.165, 1.54) is 49.0 Å². The second-order valence-electron chi connectivity index (χ2n) is 14.7. The third-order valence-electron chi connectivity index (χ3n) is 11.5. The Balaban J connectivity index is 1.16. The molecule has 0 aliphatic rings. The van der Waals surface area contributed by atoms with E-state index in [1.54, 1.807) is 0 Å². The summed E-state index contributed by atoms with van der Waals surface area (Å²) in [6.45, 7) is 0. The van der Waals surface area contributed by atoms with Gasteiger partial charge in [0.2, 0.25) is 0 Å².